The third-order valence-corrected chi connectivity index (χ3v) is 3.35. The van der Waals surface area contributed by atoms with E-state index in [-0.39, 0.29) is 0 Å². The summed E-state index contributed by atoms with van der Waals surface area (Å²) in [6.07, 6.45) is 3.90. The second kappa shape index (κ2) is 8.24. The summed E-state index contributed by atoms with van der Waals surface area (Å²) in [5.74, 6) is 1.04. The molecule has 6 nitrogen and oxygen atoms in total. The van der Waals surface area contributed by atoms with Gasteiger partial charge in [0, 0.05) is 19.6 Å². The van der Waals surface area contributed by atoms with Crippen LogP contribution in [0.5, 0.6) is 0 Å². The second-order valence-electron chi connectivity index (χ2n) is 4.88. The fourth-order valence-corrected chi connectivity index (χ4v) is 2.28. The van der Waals surface area contributed by atoms with Gasteiger partial charge in [-0.3, -0.25) is 4.90 Å². The molecule has 0 radical (unpaired) electrons. The maximum absolute atomic E-state index is 5.34. The molecule has 0 saturated carbocycles. The number of ether oxygens (including phenoxy) is 1. The standard InChI is InChI=1S/C13H25N5O/c1-2-5-18-13(15-12-16-18)11-14-4-3-6-17-7-9-19-10-8-17/h12,14H,2-11H2,1H3. The monoisotopic (exact) mass is 267 g/mol. The van der Waals surface area contributed by atoms with Crippen LogP contribution >= 0.6 is 0 Å². The van der Waals surface area contributed by atoms with E-state index in [1.54, 1.807) is 6.33 Å². The maximum Gasteiger partial charge on any atom is 0.140 e. The third kappa shape index (κ3) is 4.89. The minimum atomic E-state index is 0.809. The average molecular weight is 267 g/mol. The highest BCUT2D eigenvalue weighted by Crippen LogP contribution is 1.98. The zero-order valence-electron chi connectivity index (χ0n) is 11.8. The summed E-state index contributed by atoms with van der Waals surface area (Å²) < 4.78 is 7.32. The van der Waals surface area contributed by atoms with Gasteiger partial charge in [-0.1, -0.05) is 6.92 Å². The van der Waals surface area contributed by atoms with Gasteiger partial charge in [-0.2, -0.15) is 5.10 Å². The van der Waals surface area contributed by atoms with Crippen LogP contribution in [0.1, 0.15) is 25.6 Å². The molecule has 6 heteroatoms. The second-order valence-corrected chi connectivity index (χ2v) is 4.88. The van der Waals surface area contributed by atoms with Crippen LogP contribution in [-0.4, -0.2) is 59.1 Å². The van der Waals surface area contributed by atoms with Crippen molar-refractivity contribution >= 4 is 0 Å². The first-order chi connectivity index (χ1) is 9.40. The first kappa shape index (κ1) is 14.4. The van der Waals surface area contributed by atoms with Crippen LogP contribution in [0.3, 0.4) is 0 Å². The van der Waals surface area contributed by atoms with Gasteiger partial charge in [-0.25, -0.2) is 9.67 Å². The Morgan fingerprint density at radius 3 is 2.95 bits per heavy atom. The molecule has 1 N–H and O–H groups in total. The zero-order valence-corrected chi connectivity index (χ0v) is 11.8. The van der Waals surface area contributed by atoms with E-state index in [4.69, 9.17) is 4.74 Å². The van der Waals surface area contributed by atoms with E-state index in [2.05, 4.69) is 27.2 Å². The molecule has 1 saturated heterocycles. The first-order valence-corrected chi connectivity index (χ1v) is 7.27. The van der Waals surface area contributed by atoms with Crippen LogP contribution in [-0.2, 0) is 17.8 Å². The minimum absolute atomic E-state index is 0.809. The Morgan fingerprint density at radius 1 is 1.32 bits per heavy atom. The van der Waals surface area contributed by atoms with Crippen molar-refractivity contribution in [3.05, 3.63) is 12.2 Å². The van der Waals surface area contributed by atoms with E-state index in [1.165, 1.54) is 6.42 Å². The van der Waals surface area contributed by atoms with Crippen molar-refractivity contribution < 1.29 is 4.74 Å². The molecule has 1 aliphatic heterocycles. The highest BCUT2D eigenvalue weighted by atomic mass is 16.5. The molecule has 108 valence electrons. The maximum atomic E-state index is 5.34. The Hall–Kier alpha value is -0.980. The van der Waals surface area contributed by atoms with E-state index in [9.17, 15) is 0 Å². The van der Waals surface area contributed by atoms with E-state index in [0.717, 1.165) is 64.7 Å². The highest BCUT2D eigenvalue weighted by molar-refractivity contribution is 4.83. The van der Waals surface area contributed by atoms with Crippen molar-refractivity contribution in [1.82, 2.24) is 25.0 Å². The molecule has 0 atom stereocenters. The first-order valence-electron chi connectivity index (χ1n) is 7.27. The molecule has 0 spiro atoms. The molecule has 0 unspecified atom stereocenters. The van der Waals surface area contributed by atoms with Crippen molar-refractivity contribution in [3.63, 3.8) is 0 Å². The van der Waals surface area contributed by atoms with Crippen LogP contribution in [0, 0.1) is 0 Å². The Labute approximate surface area is 115 Å². The zero-order chi connectivity index (χ0) is 13.3. The van der Waals surface area contributed by atoms with E-state index in [1.807, 2.05) is 4.68 Å². The third-order valence-electron chi connectivity index (χ3n) is 3.35. The molecule has 1 aromatic heterocycles. The quantitative estimate of drug-likeness (QED) is 0.695. The Kier molecular flexibility index (Phi) is 6.26. The summed E-state index contributed by atoms with van der Waals surface area (Å²) >= 11 is 0. The van der Waals surface area contributed by atoms with Crippen LogP contribution in [0.2, 0.25) is 0 Å². The average Bonchev–Trinajstić information content (AvgIpc) is 2.88. The summed E-state index contributed by atoms with van der Waals surface area (Å²) in [6.45, 7) is 10.0. The van der Waals surface area contributed by atoms with Crippen molar-refractivity contribution in [2.75, 3.05) is 39.4 Å². The molecule has 2 heterocycles. The Balaban J connectivity index is 1.57. The van der Waals surface area contributed by atoms with Crippen LogP contribution in [0.15, 0.2) is 6.33 Å². The lowest BCUT2D eigenvalue weighted by molar-refractivity contribution is 0.0374. The molecule has 0 amide bonds. The lowest BCUT2D eigenvalue weighted by Gasteiger charge is -2.26. The molecular formula is C13H25N5O. The summed E-state index contributed by atoms with van der Waals surface area (Å²) in [6, 6.07) is 0. The van der Waals surface area contributed by atoms with Crippen molar-refractivity contribution in [3.8, 4) is 0 Å². The summed E-state index contributed by atoms with van der Waals surface area (Å²) in [4.78, 5) is 6.75. The van der Waals surface area contributed by atoms with Gasteiger partial charge in [0.2, 0.25) is 0 Å². The lowest BCUT2D eigenvalue weighted by Crippen LogP contribution is -2.37. The number of rotatable bonds is 8. The molecule has 1 aliphatic rings. The smallest absolute Gasteiger partial charge is 0.140 e. The summed E-state index contributed by atoms with van der Waals surface area (Å²) in [5.41, 5.74) is 0. The predicted octanol–water partition coefficient (Wildman–Crippen LogP) is 0.500. The van der Waals surface area contributed by atoms with E-state index in [0.29, 0.717) is 0 Å². The molecular weight excluding hydrogens is 242 g/mol. The van der Waals surface area contributed by atoms with Gasteiger partial charge in [0.15, 0.2) is 0 Å². The number of morpholine rings is 1. The number of aryl methyl sites for hydroxylation is 1. The van der Waals surface area contributed by atoms with Gasteiger partial charge in [0.1, 0.15) is 12.2 Å². The number of nitrogens with zero attached hydrogens (tertiary/aromatic N) is 4. The summed E-state index contributed by atoms with van der Waals surface area (Å²) in [7, 11) is 0. The molecule has 19 heavy (non-hydrogen) atoms. The lowest BCUT2D eigenvalue weighted by atomic mass is 10.3. The molecule has 1 fully saturated rings. The predicted molar refractivity (Wildman–Crippen MR) is 73.9 cm³/mol. The van der Waals surface area contributed by atoms with Crippen molar-refractivity contribution in [2.24, 2.45) is 0 Å². The highest BCUT2D eigenvalue weighted by Gasteiger charge is 2.09. The SMILES string of the molecule is CCCn1ncnc1CNCCCN1CCOCC1. The van der Waals surface area contributed by atoms with E-state index < -0.39 is 0 Å². The molecule has 0 bridgehead atoms. The van der Waals surface area contributed by atoms with Gasteiger partial charge < -0.3 is 10.1 Å². The van der Waals surface area contributed by atoms with Gasteiger partial charge in [0.25, 0.3) is 0 Å². The van der Waals surface area contributed by atoms with Crippen LogP contribution < -0.4 is 5.32 Å². The summed E-state index contributed by atoms with van der Waals surface area (Å²) in [5, 5.41) is 7.67. The topological polar surface area (TPSA) is 55.2 Å². The van der Waals surface area contributed by atoms with Crippen LogP contribution in [0.25, 0.3) is 0 Å². The fourth-order valence-electron chi connectivity index (χ4n) is 2.28. The number of aromatic nitrogens is 3. The van der Waals surface area contributed by atoms with Gasteiger partial charge in [-0.15, -0.1) is 0 Å². The largest absolute Gasteiger partial charge is 0.379 e. The van der Waals surface area contributed by atoms with Gasteiger partial charge in [0.05, 0.1) is 19.8 Å². The molecule has 0 aromatic carbocycles. The number of nitrogens with one attached hydrogen (secondary N) is 1. The van der Waals surface area contributed by atoms with Gasteiger partial charge >= 0.3 is 0 Å². The van der Waals surface area contributed by atoms with Gasteiger partial charge in [-0.05, 0) is 25.9 Å². The number of hydrogen-bond donors (Lipinski definition) is 1. The molecule has 0 aliphatic carbocycles. The van der Waals surface area contributed by atoms with Crippen LogP contribution in [0.4, 0.5) is 0 Å². The van der Waals surface area contributed by atoms with Crippen molar-refractivity contribution in [2.45, 2.75) is 32.9 Å². The normalized spacial score (nSPS) is 16.9. The Morgan fingerprint density at radius 2 is 2.16 bits per heavy atom. The Bertz CT molecular complexity index is 349. The number of hydrogen-bond acceptors (Lipinski definition) is 5. The molecule has 2 rings (SSSR count). The van der Waals surface area contributed by atoms with E-state index >= 15 is 0 Å². The molecule has 1 aromatic rings. The fraction of sp³-hybridized carbons (Fsp3) is 0.846. The van der Waals surface area contributed by atoms with Crippen molar-refractivity contribution in [1.29, 1.82) is 0 Å². The minimum Gasteiger partial charge on any atom is -0.379 e.